The summed E-state index contributed by atoms with van der Waals surface area (Å²) < 4.78 is 15.6. The number of carbonyl (C=O) groups is 2. The summed E-state index contributed by atoms with van der Waals surface area (Å²) in [7, 11) is 1.50. The quantitative estimate of drug-likeness (QED) is 0.707. The summed E-state index contributed by atoms with van der Waals surface area (Å²) in [6, 6.07) is 4.86. The van der Waals surface area contributed by atoms with E-state index in [2.05, 4.69) is 5.32 Å². The first kappa shape index (κ1) is 18.8. The Balaban J connectivity index is 2.62. The maximum Gasteiger partial charge on any atom is 0.338 e. The number of hydrogen-bond donors (Lipinski definition) is 1. The molecule has 128 valence electrons. The van der Waals surface area contributed by atoms with Crippen LogP contribution in [-0.4, -0.2) is 38.2 Å². The van der Waals surface area contributed by atoms with Crippen molar-refractivity contribution in [3.8, 4) is 11.5 Å². The molecule has 1 amide bonds. The lowest BCUT2D eigenvalue weighted by atomic mass is 10.2. The Morgan fingerprint density at radius 2 is 1.83 bits per heavy atom. The minimum Gasteiger partial charge on any atom is -0.493 e. The van der Waals surface area contributed by atoms with Crippen LogP contribution in [0.2, 0.25) is 0 Å². The van der Waals surface area contributed by atoms with Crippen LogP contribution in [0.15, 0.2) is 18.2 Å². The summed E-state index contributed by atoms with van der Waals surface area (Å²) in [5.74, 6) is 0.122. The number of rotatable bonds is 9. The molecule has 1 aromatic carbocycles. The van der Waals surface area contributed by atoms with Crippen molar-refractivity contribution in [1.82, 2.24) is 5.32 Å². The summed E-state index contributed by atoms with van der Waals surface area (Å²) in [5.41, 5.74) is 0.306. The molecule has 6 nitrogen and oxygen atoms in total. The topological polar surface area (TPSA) is 73.9 Å². The first-order valence-electron chi connectivity index (χ1n) is 7.82. The van der Waals surface area contributed by atoms with Crippen LogP contribution in [0.5, 0.6) is 11.5 Å². The van der Waals surface area contributed by atoms with E-state index >= 15 is 0 Å². The predicted molar refractivity (Wildman–Crippen MR) is 87.0 cm³/mol. The van der Waals surface area contributed by atoms with Gasteiger partial charge in [0, 0.05) is 6.04 Å². The van der Waals surface area contributed by atoms with E-state index in [1.54, 1.807) is 12.1 Å². The molecule has 0 aliphatic rings. The first-order chi connectivity index (χ1) is 11.0. The molecule has 0 aromatic heterocycles. The fraction of sp³-hybridized carbons (Fsp3) is 0.529. The molecule has 1 aromatic rings. The van der Waals surface area contributed by atoms with Gasteiger partial charge in [-0.2, -0.15) is 0 Å². The zero-order valence-electron chi connectivity index (χ0n) is 14.2. The van der Waals surface area contributed by atoms with Gasteiger partial charge in [0.05, 0.1) is 19.3 Å². The Bertz CT molecular complexity index is 526. The Kier molecular flexibility index (Phi) is 7.94. The molecule has 0 aliphatic heterocycles. The number of nitrogens with one attached hydrogen (secondary N) is 1. The molecule has 0 bridgehead atoms. The van der Waals surface area contributed by atoms with Gasteiger partial charge in [-0.1, -0.05) is 13.8 Å². The van der Waals surface area contributed by atoms with Gasteiger partial charge in [-0.15, -0.1) is 0 Å². The molecule has 1 N–H and O–H groups in total. The lowest BCUT2D eigenvalue weighted by Crippen LogP contribution is -2.36. The Morgan fingerprint density at radius 3 is 2.39 bits per heavy atom. The van der Waals surface area contributed by atoms with Crippen LogP contribution in [0.1, 0.15) is 44.0 Å². The molecule has 0 aliphatic carbocycles. The monoisotopic (exact) mass is 323 g/mol. The fourth-order valence-corrected chi connectivity index (χ4v) is 2.05. The lowest BCUT2D eigenvalue weighted by Gasteiger charge is -2.15. The SMILES string of the molecule is CCOc1ccc(C(=O)OCC(=O)NC(CC)CC)cc1OC. The van der Waals surface area contributed by atoms with Crippen molar-refractivity contribution in [1.29, 1.82) is 0 Å². The van der Waals surface area contributed by atoms with Crippen molar-refractivity contribution in [3.63, 3.8) is 0 Å². The number of carbonyl (C=O) groups excluding carboxylic acids is 2. The lowest BCUT2D eigenvalue weighted by molar-refractivity contribution is -0.125. The van der Waals surface area contributed by atoms with E-state index in [9.17, 15) is 9.59 Å². The second-order valence-corrected chi connectivity index (χ2v) is 4.96. The summed E-state index contributed by atoms with van der Waals surface area (Å²) in [4.78, 5) is 23.7. The number of esters is 1. The maximum atomic E-state index is 12.0. The highest BCUT2D eigenvalue weighted by Crippen LogP contribution is 2.28. The molecule has 0 heterocycles. The normalized spacial score (nSPS) is 10.3. The van der Waals surface area contributed by atoms with E-state index in [1.165, 1.54) is 13.2 Å². The third kappa shape index (κ3) is 5.81. The van der Waals surface area contributed by atoms with Crippen molar-refractivity contribution < 1.29 is 23.8 Å². The summed E-state index contributed by atoms with van der Waals surface area (Å²) in [6.45, 7) is 6.04. The number of methoxy groups -OCH3 is 1. The third-order valence-corrected chi connectivity index (χ3v) is 3.38. The van der Waals surface area contributed by atoms with Crippen molar-refractivity contribution in [2.45, 2.75) is 39.7 Å². The smallest absolute Gasteiger partial charge is 0.338 e. The highest BCUT2D eigenvalue weighted by atomic mass is 16.5. The average Bonchev–Trinajstić information content (AvgIpc) is 2.58. The van der Waals surface area contributed by atoms with Gasteiger partial charge in [-0.25, -0.2) is 4.79 Å². The average molecular weight is 323 g/mol. The van der Waals surface area contributed by atoms with Crippen LogP contribution in [0.4, 0.5) is 0 Å². The summed E-state index contributed by atoms with van der Waals surface area (Å²) >= 11 is 0. The maximum absolute atomic E-state index is 12.0. The van der Waals surface area contributed by atoms with E-state index in [-0.39, 0.29) is 18.6 Å². The van der Waals surface area contributed by atoms with Crippen LogP contribution in [0.25, 0.3) is 0 Å². The first-order valence-corrected chi connectivity index (χ1v) is 7.82. The van der Waals surface area contributed by atoms with Gasteiger partial charge < -0.3 is 19.5 Å². The molecular weight excluding hydrogens is 298 g/mol. The van der Waals surface area contributed by atoms with Gasteiger partial charge in [-0.05, 0) is 38.0 Å². The van der Waals surface area contributed by atoms with Gasteiger partial charge in [0.25, 0.3) is 5.91 Å². The van der Waals surface area contributed by atoms with E-state index in [4.69, 9.17) is 14.2 Å². The van der Waals surface area contributed by atoms with Crippen molar-refractivity contribution in [2.75, 3.05) is 20.3 Å². The number of amides is 1. The summed E-state index contributed by atoms with van der Waals surface area (Å²) in [5, 5.41) is 2.81. The molecular formula is C17H25NO5. The van der Waals surface area contributed by atoms with Crippen LogP contribution in [0.3, 0.4) is 0 Å². The van der Waals surface area contributed by atoms with E-state index < -0.39 is 5.97 Å². The molecule has 0 atom stereocenters. The van der Waals surface area contributed by atoms with Crippen molar-refractivity contribution in [3.05, 3.63) is 23.8 Å². The molecule has 1 rings (SSSR count). The van der Waals surface area contributed by atoms with Gasteiger partial charge >= 0.3 is 5.97 Å². The minimum atomic E-state index is -0.578. The van der Waals surface area contributed by atoms with Crippen LogP contribution in [-0.2, 0) is 9.53 Å². The van der Waals surface area contributed by atoms with Gasteiger partial charge in [-0.3, -0.25) is 4.79 Å². The van der Waals surface area contributed by atoms with Gasteiger partial charge in [0.15, 0.2) is 18.1 Å². The highest BCUT2D eigenvalue weighted by Gasteiger charge is 2.15. The van der Waals surface area contributed by atoms with Crippen LogP contribution < -0.4 is 14.8 Å². The van der Waals surface area contributed by atoms with Crippen molar-refractivity contribution >= 4 is 11.9 Å². The summed E-state index contributed by atoms with van der Waals surface area (Å²) in [6.07, 6.45) is 1.68. The Morgan fingerprint density at radius 1 is 1.13 bits per heavy atom. The Labute approximate surface area is 137 Å². The standard InChI is InChI=1S/C17H25NO5/c1-5-13(6-2)18-16(19)11-23-17(20)12-8-9-14(22-7-3)15(10-12)21-4/h8-10,13H,5-7,11H2,1-4H3,(H,18,19). The van der Waals surface area contributed by atoms with Crippen LogP contribution >= 0.6 is 0 Å². The highest BCUT2D eigenvalue weighted by molar-refractivity contribution is 5.92. The molecule has 23 heavy (non-hydrogen) atoms. The molecule has 0 saturated heterocycles. The van der Waals surface area contributed by atoms with E-state index in [1.807, 2.05) is 20.8 Å². The largest absolute Gasteiger partial charge is 0.493 e. The number of ether oxygens (including phenoxy) is 3. The van der Waals surface area contributed by atoms with Crippen molar-refractivity contribution in [2.24, 2.45) is 0 Å². The second kappa shape index (κ2) is 9.71. The molecule has 0 radical (unpaired) electrons. The Hall–Kier alpha value is -2.24. The van der Waals surface area contributed by atoms with Gasteiger partial charge in [0.1, 0.15) is 0 Å². The van der Waals surface area contributed by atoms with Gasteiger partial charge in [0.2, 0.25) is 0 Å². The molecule has 0 spiro atoms. The van der Waals surface area contributed by atoms with E-state index in [0.29, 0.717) is 23.7 Å². The number of benzene rings is 1. The number of hydrogen-bond acceptors (Lipinski definition) is 5. The molecule has 0 unspecified atom stereocenters. The zero-order chi connectivity index (χ0) is 17.2. The third-order valence-electron chi connectivity index (χ3n) is 3.38. The minimum absolute atomic E-state index is 0.103. The zero-order valence-corrected chi connectivity index (χ0v) is 14.2. The van der Waals surface area contributed by atoms with Crippen LogP contribution in [0, 0.1) is 0 Å². The molecule has 6 heteroatoms. The molecule has 0 saturated carbocycles. The predicted octanol–water partition coefficient (Wildman–Crippen LogP) is 2.56. The second-order valence-electron chi connectivity index (χ2n) is 4.96. The molecule has 0 fully saturated rings. The van der Waals surface area contributed by atoms with E-state index in [0.717, 1.165) is 12.8 Å². The fourth-order valence-electron chi connectivity index (χ4n) is 2.05.